The first-order valence-electron chi connectivity index (χ1n) is 29.6. The van der Waals surface area contributed by atoms with Crippen LogP contribution in [0.15, 0.2) is 109 Å². The Morgan fingerprint density at radius 2 is 0.652 bits per heavy atom. The number of unbranched alkanes of at least 4 members (excludes halogenated alkanes) is 30. The number of allylic oxidation sites excluding steroid dienone is 17. The van der Waals surface area contributed by atoms with Crippen molar-refractivity contribution < 1.29 is 15.0 Å². The van der Waals surface area contributed by atoms with Gasteiger partial charge in [-0.1, -0.05) is 284 Å². The van der Waals surface area contributed by atoms with Crippen molar-refractivity contribution in [2.75, 3.05) is 6.61 Å². The third-order valence-corrected chi connectivity index (χ3v) is 13.0. The van der Waals surface area contributed by atoms with Crippen LogP contribution in [0.4, 0.5) is 0 Å². The van der Waals surface area contributed by atoms with Gasteiger partial charge in [0.05, 0.1) is 18.8 Å². The van der Waals surface area contributed by atoms with Crippen molar-refractivity contribution in [3.63, 3.8) is 0 Å². The van der Waals surface area contributed by atoms with Crippen LogP contribution in [-0.4, -0.2) is 34.9 Å². The molecule has 0 aromatic heterocycles. The largest absolute Gasteiger partial charge is 0.394 e. The molecule has 2 atom stereocenters. The molecule has 0 rings (SSSR count). The van der Waals surface area contributed by atoms with E-state index < -0.39 is 12.1 Å². The molecule has 3 N–H and O–H groups in total. The SMILES string of the molecule is CC/C=C\C/C=C\C/C=C\C/C=C\C/C=C\C/C=C\CCCCCCCCC(=O)NC(CO)C(O)/C=C/CC/C=C/CC/C=C/CCCCCCCCCCCCCCCCCCCCCCCC. The van der Waals surface area contributed by atoms with Crippen molar-refractivity contribution in [2.45, 2.75) is 289 Å². The molecule has 0 aliphatic carbocycles. The molecule has 69 heavy (non-hydrogen) atoms. The molecule has 2 unspecified atom stereocenters. The molecule has 0 aromatic carbocycles. The van der Waals surface area contributed by atoms with Gasteiger partial charge >= 0.3 is 0 Å². The minimum Gasteiger partial charge on any atom is -0.394 e. The summed E-state index contributed by atoms with van der Waals surface area (Å²) in [6, 6.07) is -0.663. The minimum absolute atomic E-state index is 0.0952. The van der Waals surface area contributed by atoms with Crippen LogP contribution in [0.2, 0.25) is 0 Å². The maximum absolute atomic E-state index is 12.5. The minimum atomic E-state index is -0.886. The Bertz CT molecular complexity index is 1310. The highest BCUT2D eigenvalue weighted by Crippen LogP contribution is 2.16. The summed E-state index contributed by atoms with van der Waals surface area (Å²) in [4.78, 5) is 12.5. The quantitative estimate of drug-likeness (QED) is 0.0420. The number of aliphatic hydroxyl groups is 2. The fourth-order valence-electron chi connectivity index (χ4n) is 8.51. The van der Waals surface area contributed by atoms with E-state index in [0.29, 0.717) is 6.42 Å². The summed E-state index contributed by atoms with van der Waals surface area (Å²) in [5, 5.41) is 23.2. The van der Waals surface area contributed by atoms with Gasteiger partial charge in [0.25, 0.3) is 0 Å². The lowest BCUT2D eigenvalue weighted by Crippen LogP contribution is -2.45. The molecule has 1 amide bonds. The lowest BCUT2D eigenvalue weighted by Gasteiger charge is -2.19. The Morgan fingerprint density at radius 1 is 0.362 bits per heavy atom. The Balaban J connectivity index is 3.61. The number of hydrogen-bond donors (Lipinski definition) is 3. The van der Waals surface area contributed by atoms with Gasteiger partial charge in [0.15, 0.2) is 0 Å². The predicted octanol–water partition coefficient (Wildman–Crippen LogP) is 19.9. The number of carbonyl (C=O) groups is 1. The van der Waals surface area contributed by atoms with Crippen LogP contribution in [0.1, 0.15) is 277 Å². The molecule has 0 saturated carbocycles. The van der Waals surface area contributed by atoms with E-state index in [2.05, 4.69) is 116 Å². The molecule has 4 nitrogen and oxygen atoms in total. The summed E-state index contributed by atoms with van der Waals surface area (Å²) in [7, 11) is 0. The van der Waals surface area contributed by atoms with Crippen LogP contribution in [0.3, 0.4) is 0 Å². The standard InChI is InChI=1S/C65H113NO3/c1-3-5-7-9-11-13-15-17-19-21-23-25-27-29-30-31-32-33-34-35-37-38-40-42-44-46-48-50-52-54-56-58-60-64(68)63(62-67)66-65(69)61-59-57-55-53-51-49-47-45-43-41-39-36-28-26-24-22-20-18-16-14-12-10-8-6-4-2/h6,8,12,14,18,20,24,26,36,39,42-45,50,52,58,60,63-64,67-68H,3-5,7,9-11,13,15-17,19,21-23,25,27-35,37-38,40-41,46-49,51,53-57,59,61-62H2,1-2H3,(H,66,69)/b8-6-,14-12-,20-18-,26-24-,39-36-,44-42+,45-43-,52-50+,60-58+. The topological polar surface area (TPSA) is 69.6 Å². The molecule has 0 aliphatic rings. The first-order valence-corrected chi connectivity index (χ1v) is 29.6. The zero-order valence-electron chi connectivity index (χ0n) is 45.5. The normalized spacial score (nSPS) is 13.6. The van der Waals surface area contributed by atoms with Gasteiger partial charge < -0.3 is 15.5 Å². The summed E-state index contributed by atoms with van der Waals surface area (Å²) in [6.45, 7) is 4.19. The first kappa shape index (κ1) is 66.0. The lowest BCUT2D eigenvalue weighted by molar-refractivity contribution is -0.123. The van der Waals surface area contributed by atoms with Gasteiger partial charge in [-0.05, 0) is 96.3 Å². The molecule has 0 aliphatic heterocycles. The van der Waals surface area contributed by atoms with Crippen LogP contribution in [0.25, 0.3) is 0 Å². The first-order chi connectivity index (χ1) is 34.2. The van der Waals surface area contributed by atoms with Gasteiger partial charge in [-0.2, -0.15) is 0 Å². The van der Waals surface area contributed by atoms with E-state index in [-0.39, 0.29) is 12.5 Å². The fourth-order valence-corrected chi connectivity index (χ4v) is 8.51. The Kier molecular flexibility index (Phi) is 56.8. The van der Waals surface area contributed by atoms with Gasteiger partial charge in [-0.15, -0.1) is 0 Å². The van der Waals surface area contributed by atoms with Crippen molar-refractivity contribution >= 4 is 5.91 Å². The fraction of sp³-hybridized carbons (Fsp3) is 0.708. The van der Waals surface area contributed by atoms with Crippen LogP contribution < -0.4 is 5.32 Å². The number of aliphatic hydroxyl groups excluding tert-OH is 2. The van der Waals surface area contributed by atoms with E-state index in [4.69, 9.17) is 0 Å². The highest BCUT2D eigenvalue weighted by Gasteiger charge is 2.18. The Hall–Kier alpha value is -2.95. The van der Waals surface area contributed by atoms with Crippen molar-refractivity contribution in [1.82, 2.24) is 5.32 Å². The second-order valence-corrected chi connectivity index (χ2v) is 19.7. The highest BCUT2D eigenvalue weighted by atomic mass is 16.3. The smallest absolute Gasteiger partial charge is 0.220 e. The van der Waals surface area contributed by atoms with E-state index in [0.717, 1.165) is 89.9 Å². The van der Waals surface area contributed by atoms with E-state index in [1.807, 2.05) is 6.08 Å². The van der Waals surface area contributed by atoms with Gasteiger partial charge in [0.1, 0.15) is 0 Å². The van der Waals surface area contributed by atoms with Crippen LogP contribution in [0.5, 0.6) is 0 Å². The molecule has 0 aromatic rings. The average Bonchev–Trinajstić information content (AvgIpc) is 3.35. The third-order valence-electron chi connectivity index (χ3n) is 13.0. The zero-order valence-corrected chi connectivity index (χ0v) is 45.5. The zero-order chi connectivity index (χ0) is 49.9. The summed E-state index contributed by atoms with van der Waals surface area (Å²) in [5.74, 6) is -0.0952. The maximum Gasteiger partial charge on any atom is 0.220 e. The monoisotopic (exact) mass is 956 g/mol. The Labute approximate surface area is 429 Å². The van der Waals surface area contributed by atoms with E-state index in [9.17, 15) is 15.0 Å². The number of amides is 1. The maximum atomic E-state index is 12.5. The summed E-state index contributed by atoms with van der Waals surface area (Å²) in [5.41, 5.74) is 0. The van der Waals surface area contributed by atoms with Gasteiger partial charge in [-0.25, -0.2) is 0 Å². The molecular formula is C65H113NO3. The third kappa shape index (κ3) is 55.8. The summed E-state index contributed by atoms with van der Waals surface area (Å²) in [6.07, 6.45) is 89.8. The van der Waals surface area contributed by atoms with Crippen molar-refractivity contribution in [3.8, 4) is 0 Å². The molecule has 0 radical (unpaired) electrons. The molecule has 0 heterocycles. The molecule has 0 bridgehead atoms. The van der Waals surface area contributed by atoms with Crippen LogP contribution in [-0.2, 0) is 4.79 Å². The number of carbonyl (C=O) groups excluding carboxylic acids is 1. The van der Waals surface area contributed by atoms with Crippen molar-refractivity contribution in [1.29, 1.82) is 0 Å². The number of rotatable bonds is 53. The molecular weight excluding hydrogens is 843 g/mol. The number of nitrogens with one attached hydrogen (secondary N) is 1. The van der Waals surface area contributed by atoms with Crippen LogP contribution in [0, 0.1) is 0 Å². The molecule has 0 saturated heterocycles. The Morgan fingerprint density at radius 3 is 1.01 bits per heavy atom. The lowest BCUT2D eigenvalue weighted by atomic mass is 10.0. The van der Waals surface area contributed by atoms with E-state index >= 15 is 0 Å². The molecule has 0 spiro atoms. The second-order valence-electron chi connectivity index (χ2n) is 19.7. The van der Waals surface area contributed by atoms with Crippen LogP contribution >= 0.6 is 0 Å². The van der Waals surface area contributed by atoms with Gasteiger partial charge in [-0.3, -0.25) is 4.79 Å². The van der Waals surface area contributed by atoms with E-state index in [1.165, 1.54) is 167 Å². The average molecular weight is 957 g/mol. The van der Waals surface area contributed by atoms with Crippen molar-refractivity contribution in [3.05, 3.63) is 109 Å². The predicted molar refractivity (Wildman–Crippen MR) is 308 cm³/mol. The van der Waals surface area contributed by atoms with E-state index in [1.54, 1.807) is 6.08 Å². The molecule has 0 fully saturated rings. The van der Waals surface area contributed by atoms with Gasteiger partial charge in [0.2, 0.25) is 5.91 Å². The summed E-state index contributed by atoms with van der Waals surface area (Å²) >= 11 is 0. The van der Waals surface area contributed by atoms with Gasteiger partial charge in [0, 0.05) is 6.42 Å². The highest BCUT2D eigenvalue weighted by molar-refractivity contribution is 5.76. The summed E-state index contributed by atoms with van der Waals surface area (Å²) < 4.78 is 0. The second kappa shape index (κ2) is 59.4. The molecule has 4 heteroatoms. The van der Waals surface area contributed by atoms with Crippen molar-refractivity contribution in [2.24, 2.45) is 0 Å². The molecule has 396 valence electrons. The number of hydrogen-bond acceptors (Lipinski definition) is 3.